The van der Waals surface area contributed by atoms with Crippen LogP contribution in [0.5, 0.6) is 0 Å². The average Bonchev–Trinajstić information content (AvgIpc) is 2.52. The molecule has 0 aromatic heterocycles. The highest BCUT2D eigenvalue weighted by Gasteiger charge is 2.27. The van der Waals surface area contributed by atoms with Gasteiger partial charge in [-0.05, 0) is 25.2 Å². The van der Waals surface area contributed by atoms with Crippen molar-refractivity contribution in [3.05, 3.63) is 0 Å². The maximum atomic E-state index is 5.54. The van der Waals surface area contributed by atoms with Crippen LogP contribution in [0, 0.1) is 5.92 Å². The molecule has 118 valence electrons. The van der Waals surface area contributed by atoms with Gasteiger partial charge in [-0.2, -0.15) is 0 Å². The highest BCUT2D eigenvalue weighted by atomic mass is 16.5. The van der Waals surface area contributed by atoms with Crippen molar-refractivity contribution >= 4 is 0 Å². The molecule has 1 aliphatic carbocycles. The molecular formula is C16H32N2O2. The third-order valence-corrected chi connectivity index (χ3v) is 4.70. The van der Waals surface area contributed by atoms with Crippen molar-refractivity contribution in [1.82, 2.24) is 10.2 Å². The summed E-state index contributed by atoms with van der Waals surface area (Å²) in [7, 11) is 1.72. The molecule has 1 saturated carbocycles. The lowest BCUT2D eigenvalue weighted by Gasteiger charge is -2.39. The van der Waals surface area contributed by atoms with Gasteiger partial charge in [-0.15, -0.1) is 0 Å². The molecule has 1 N–H and O–H groups in total. The molecule has 4 nitrogen and oxygen atoms in total. The van der Waals surface area contributed by atoms with Crippen LogP contribution >= 0.6 is 0 Å². The normalized spacial score (nSPS) is 25.9. The van der Waals surface area contributed by atoms with E-state index >= 15 is 0 Å². The number of hydrogen-bond donors (Lipinski definition) is 1. The first-order valence-electron chi connectivity index (χ1n) is 8.42. The van der Waals surface area contributed by atoms with Crippen LogP contribution in [0.2, 0.25) is 0 Å². The summed E-state index contributed by atoms with van der Waals surface area (Å²) in [6, 6.07) is 0.735. The lowest BCUT2D eigenvalue weighted by Crippen LogP contribution is -2.54. The zero-order chi connectivity index (χ0) is 14.0. The van der Waals surface area contributed by atoms with E-state index in [2.05, 4.69) is 10.2 Å². The van der Waals surface area contributed by atoms with Crippen LogP contribution in [0.25, 0.3) is 0 Å². The van der Waals surface area contributed by atoms with Crippen molar-refractivity contribution in [2.75, 3.05) is 53.1 Å². The summed E-state index contributed by atoms with van der Waals surface area (Å²) in [6.07, 6.45) is 8.34. The SMILES string of the molecule is COCCOCCCN1CCNC(C2CCCCC2)C1. The third-order valence-electron chi connectivity index (χ3n) is 4.70. The Labute approximate surface area is 124 Å². The fourth-order valence-electron chi connectivity index (χ4n) is 3.53. The number of hydrogen-bond acceptors (Lipinski definition) is 4. The maximum absolute atomic E-state index is 5.54. The second-order valence-electron chi connectivity index (χ2n) is 6.22. The van der Waals surface area contributed by atoms with E-state index in [4.69, 9.17) is 9.47 Å². The average molecular weight is 284 g/mol. The Morgan fingerprint density at radius 3 is 2.75 bits per heavy atom. The van der Waals surface area contributed by atoms with Crippen LogP contribution in [0.1, 0.15) is 38.5 Å². The quantitative estimate of drug-likeness (QED) is 0.690. The minimum atomic E-state index is 0.706. The molecule has 2 fully saturated rings. The molecule has 0 bridgehead atoms. The van der Waals surface area contributed by atoms with Crippen molar-refractivity contribution in [2.24, 2.45) is 5.92 Å². The van der Waals surface area contributed by atoms with Crippen molar-refractivity contribution < 1.29 is 9.47 Å². The zero-order valence-corrected chi connectivity index (χ0v) is 13.1. The number of rotatable bonds is 8. The zero-order valence-electron chi connectivity index (χ0n) is 13.1. The monoisotopic (exact) mass is 284 g/mol. The Balaban J connectivity index is 1.58. The van der Waals surface area contributed by atoms with Gasteiger partial charge >= 0.3 is 0 Å². The third kappa shape index (κ3) is 5.68. The molecule has 1 saturated heterocycles. The summed E-state index contributed by atoms with van der Waals surface area (Å²) in [4.78, 5) is 2.62. The molecule has 0 aromatic carbocycles. The molecule has 0 aromatic rings. The molecule has 0 radical (unpaired) electrons. The Bertz CT molecular complexity index is 245. The molecule has 1 heterocycles. The van der Waals surface area contributed by atoms with Crippen LogP contribution < -0.4 is 5.32 Å². The Kier molecular flexibility index (Phi) is 7.88. The fourth-order valence-corrected chi connectivity index (χ4v) is 3.53. The summed E-state index contributed by atoms with van der Waals surface area (Å²) in [5, 5.41) is 3.75. The van der Waals surface area contributed by atoms with E-state index < -0.39 is 0 Å². The van der Waals surface area contributed by atoms with E-state index in [9.17, 15) is 0 Å². The predicted octanol–water partition coefficient (Wildman–Crippen LogP) is 1.89. The molecule has 20 heavy (non-hydrogen) atoms. The van der Waals surface area contributed by atoms with E-state index in [1.54, 1.807) is 7.11 Å². The summed E-state index contributed by atoms with van der Waals surface area (Å²) in [5.74, 6) is 0.921. The molecule has 0 spiro atoms. The van der Waals surface area contributed by atoms with Gasteiger partial charge in [0.1, 0.15) is 0 Å². The van der Waals surface area contributed by atoms with E-state index in [1.807, 2.05) is 0 Å². The second-order valence-corrected chi connectivity index (χ2v) is 6.22. The van der Waals surface area contributed by atoms with Crippen molar-refractivity contribution in [2.45, 2.75) is 44.6 Å². The summed E-state index contributed by atoms with van der Waals surface area (Å²) >= 11 is 0. The summed E-state index contributed by atoms with van der Waals surface area (Å²) in [5.41, 5.74) is 0. The predicted molar refractivity (Wildman–Crippen MR) is 82.1 cm³/mol. The van der Waals surface area contributed by atoms with Gasteiger partial charge in [-0.1, -0.05) is 19.3 Å². The van der Waals surface area contributed by atoms with Gasteiger partial charge in [-0.25, -0.2) is 0 Å². The van der Waals surface area contributed by atoms with Crippen LogP contribution in [0.15, 0.2) is 0 Å². The first-order valence-corrected chi connectivity index (χ1v) is 8.42. The van der Waals surface area contributed by atoms with E-state index in [0.29, 0.717) is 6.61 Å². The molecule has 4 heteroatoms. The molecule has 1 aliphatic heterocycles. The van der Waals surface area contributed by atoms with E-state index in [-0.39, 0.29) is 0 Å². The summed E-state index contributed by atoms with van der Waals surface area (Å²) in [6.45, 7) is 7.06. The van der Waals surface area contributed by atoms with Crippen molar-refractivity contribution in [3.8, 4) is 0 Å². The van der Waals surface area contributed by atoms with Gasteiger partial charge in [0, 0.05) is 45.9 Å². The fraction of sp³-hybridized carbons (Fsp3) is 1.00. The van der Waals surface area contributed by atoms with Crippen molar-refractivity contribution in [3.63, 3.8) is 0 Å². The molecule has 2 aliphatic rings. The largest absolute Gasteiger partial charge is 0.382 e. The summed E-state index contributed by atoms with van der Waals surface area (Å²) < 4.78 is 10.5. The van der Waals surface area contributed by atoms with Crippen LogP contribution in [0.4, 0.5) is 0 Å². The number of ether oxygens (including phenoxy) is 2. The smallest absolute Gasteiger partial charge is 0.0700 e. The number of nitrogens with zero attached hydrogens (tertiary/aromatic N) is 1. The lowest BCUT2D eigenvalue weighted by molar-refractivity contribution is 0.0619. The van der Waals surface area contributed by atoms with Gasteiger partial charge in [-0.3, -0.25) is 0 Å². The highest BCUT2D eigenvalue weighted by Crippen LogP contribution is 2.27. The van der Waals surface area contributed by atoms with Crippen LogP contribution in [-0.2, 0) is 9.47 Å². The minimum absolute atomic E-state index is 0.706. The standard InChI is InChI=1S/C16H32N2O2/c1-19-12-13-20-11-5-9-18-10-8-17-16(14-18)15-6-3-2-4-7-15/h15-17H,2-14H2,1H3. The molecule has 1 unspecified atom stereocenters. The van der Waals surface area contributed by atoms with Crippen LogP contribution in [-0.4, -0.2) is 64.1 Å². The van der Waals surface area contributed by atoms with Gasteiger partial charge in [0.2, 0.25) is 0 Å². The molecular weight excluding hydrogens is 252 g/mol. The van der Waals surface area contributed by atoms with Gasteiger partial charge in [0.15, 0.2) is 0 Å². The van der Waals surface area contributed by atoms with Crippen LogP contribution in [0.3, 0.4) is 0 Å². The minimum Gasteiger partial charge on any atom is -0.382 e. The first-order chi connectivity index (χ1) is 9.90. The highest BCUT2D eigenvalue weighted by molar-refractivity contribution is 4.85. The number of nitrogens with one attached hydrogen (secondary N) is 1. The topological polar surface area (TPSA) is 33.7 Å². The number of piperazine rings is 1. The molecule has 0 amide bonds. The lowest BCUT2D eigenvalue weighted by atomic mass is 9.83. The molecule has 1 atom stereocenters. The number of methoxy groups -OCH3 is 1. The Hall–Kier alpha value is -0.160. The Morgan fingerprint density at radius 1 is 1.10 bits per heavy atom. The second kappa shape index (κ2) is 9.72. The molecule has 2 rings (SSSR count). The maximum Gasteiger partial charge on any atom is 0.0700 e. The van der Waals surface area contributed by atoms with Gasteiger partial charge in [0.05, 0.1) is 13.2 Å². The van der Waals surface area contributed by atoms with Crippen molar-refractivity contribution in [1.29, 1.82) is 0 Å². The first kappa shape index (κ1) is 16.2. The van der Waals surface area contributed by atoms with E-state index in [1.165, 1.54) is 51.7 Å². The van der Waals surface area contributed by atoms with E-state index in [0.717, 1.165) is 38.1 Å². The van der Waals surface area contributed by atoms with Gasteiger partial charge in [0.25, 0.3) is 0 Å². The van der Waals surface area contributed by atoms with Gasteiger partial charge < -0.3 is 19.7 Å². The Morgan fingerprint density at radius 2 is 1.95 bits per heavy atom.